The molecule has 2 heterocycles. The van der Waals surface area contributed by atoms with Crippen LogP contribution >= 0.6 is 0 Å². The molecule has 2 amide bonds. The van der Waals surface area contributed by atoms with Gasteiger partial charge in [0, 0.05) is 11.9 Å². The molecule has 0 aliphatic carbocycles. The summed E-state index contributed by atoms with van der Waals surface area (Å²) in [5, 5.41) is 12.7. The summed E-state index contributed by atoms with van der Waals surface area (Å²) in [4.78, 5) is 41.7. The molecule has 1 aromatic heterocycles. The third kappa shape index (κ3) is 3.45. The molecule has 25 heavy (non-hydrogen) atoms. The van der Waals surface area contributed by atoms with E-state index >= 15 is 0 Å². The summed E-state index contributed by atoms with van der Waals surface area (Å²) < 4.78 is 0. The van der Waals surface area contributed by atoms with E-state index in [0.29, 0.717) is 24.9 Å². The van der Waals surface area contributed by atoms with Crippen molar-refractivity contribution in [1.29, 1.82) is 0 Å². The minimum absolute atomic E-state index is 0.217. The van der Waals surface area contributed by atoms with Gasteiger partial charge in [0.25, 0.3) is 5.91 Å². The van der Waals surface area contributed by atoms with E-state index in [1.165, 1.54) is 4.90 Å². The van der Waals surface area contributed by atoms with E-state index in [1.807, 2.05) is 24.3 Å². The second-order valence-corrected chi connectivity index (χ2v) is 6.11. The maximum atomic E-state index is 12.5. The number of pyridine rings is 1. The number of carboxylic acid groups (broad SMARTS) is 1. The van der Waals surface area contributed by atoms with Crippen LogP contribution in [-0.2, 0) is 9.59 Å². The molecule has 130 valence electrons. The van der Waals surface area contributed by atoms with Crippen molar-refractivity contribution in [2.45, 2.75) is 31.8 Å². The number of para-hydroxylation sites is 1. The first-order valence-electron chi connectivity index (χ1n) is 8.17. The van der Waals surface area contributed by atoms with Gasteiger partial charge in [-0.1, -0.05) is 24.3 Å². The fourth-order valence-corrected chi connectivity index (χ4v) is 3.06. The van der Waals surface area contributed by atoms with Crippen LogP contribution in [0.3, 0.4) is 0 Å². The molecule has 0 bridgehead atoms. The van der Waals surface area contributed by atoms with E-state index in [1.54, 1.807) is 19.1 Å². The molecule has 1 aliphatic heterocycles. The van der Waals surface area contributed by atoms with E-state index in [4.69, 9.17) is 0 Å². The number of likely N-dealkylation sites (tertiary alicyclic amines) is 1. The van der Waals surface area contributed by atoms with E-state index < -0.39 is 24.0 Å². The highest BCUT2D eigenvalue weighted by Gasteiger charge is 2.36. The zero-order valence-electron chi connectivity index (χ0n) is 13.8. The number of carboxylic acids is 1. The Morgan fingerprint density at radius 1 is 1.24 bits per heavy atom. The summed E-state index contributed by atoms with van der Waals surface area (Å²) in [5.41, 5.74) is 0.911. The number of carbonyl (C=O) groups excluding carboxylic acids is 2. The number of hydrogen-bond acceptors (Lipinski definition) is 4. The van der Waals surface area contributed by atoms with Gasteiger partial charge in [-0.15, -0.1) is 0 Å². The minimum Gasteiger partial charge on any atom is -0.480 e. The lowest BCUT2D eigenvalue weighted by Gasteiger charge is -2.25. The van der Waals surface area contributed by atoms with Crippen molar-refractivity contribution in [2.24, 2.45) is 0 Å². The summed E-state index contributed by atoms with van der Waals surface area (Å²) in [7, 11) is 0. The van der Waals surface area contributed by atoms with Gasteiger partial charge in [0.15, 0.2) is 0 Å². The van der Waals surface area contributed by atoms with Gasteiger partial charge in [0.2, 0.25) is 5.91 Å². The number of carbonyl (C=O) groups is 3. The Bertz CT molecular complexity index is 836. The average Bonchev–Trinajstić information content (AvgIpc) is 3.10. The molecule has 3 rings (SSSR count). The first kappa shape index (κ1) is 16.9. The molecule has 1 aromatic carbocycles. The van der Waals surface area contributed by atoms with Crippen molar-refractivity contribution in [3.63, 3.8) is 0 Å². The average molecular weight is 341 g/mol. The molecule has 1 saturated heterocycles. The van der Waals surface area contributed by atoms with Crippen molar-refractivity contribution in [3.05, 3.63) is 42.1 Å². The van der Waals surface area contributed by atoms with Crippen LogP contribution in [0.25, 0.3) is 10.9 Å². The third-order valence-corrected chi connectivity index (χ3v) is 4.37. The number of nitrogens with zero attached hydrogens (tertiary/aromatic N) is 2. The van der Waals surface area contributed by atoms with Crippen molar-refractivity contribution in [3.8, 4) is 0 Å². The van der Waals surface area contributed by atoms with Crippen LogP contribution in [0.5, 0.6) is 0 Å². The normalized spacial score (nSPS) is 18.1. The van der Waals surface area contributed by atoms with Crippen molar-refractivity contribution < 1.29 is 19.5 Å². The monoisotopic (exact) mass is 341 g/mol. The van der Waals surface area contributed by atoms with E-state index in [-0.39, 0.29) is 11.6 Å². The van der Waals surface area contributed by atoms with Crippen LogP contribution in [0, 0.1) is 0 Å². The zero-order chi connectivity index (χ0) is 18.0. The third-order valence-electron chi connectivity index (χ3n) is 4.37. The first-order valence-corrected chi connectivity index (χ1v) is 8.17. The van der Waals surface area contributed by atoms with Crippen molar-refractivity contribution in [1.82, 2.24) is 15.2 Å². The number of hydrogen-bond donors (Lipinski definition) is 2. The second-order valence-electron chi connectivity index (χ2n) is 6.11. The number of aliphatic carboxylic acids is 1. The Kier molecular flexibility index (Phi) is 4.65. The van der Waals surface area contributed by atoms with E-state index in [9.17, 15) is 19.5 Å². The Morgan fingerprint density at radius 2 is 2.00 bits per heavy atom. The fraction of sp³-hybridized carbons (Fsp3) is 0.333. The minimum atomic E-state index is -1.01. The SMILES string of the molecule is C[C@H](NC(=O)c1ccc2ccccc2n1)C(=O)N1CCCC1C(=O)O. The predicted octanol–water partition coefficient (Wildman–Crippen LogP) is 1.43. The van der Waals surface area contributed by atoms with Gasteiger partial charge in [-0.05, 0) is 31.9 Å². The van der Waals surface area contributed by atoms with Crippen LogP contribution in [0.4, 0.5) is 0 Å². The van der Waals surface area contributed by atoms with E-state index in [2.05, 4.69) is 10.3 Å². The number of amides is 2. The van der Waals surface area contributed by atoms with Crippen LogP contribution in [0.2, 0.25) is 0 Å². The van der Waals surface area contributed by atoms with E-state index in [0.717, 1.165) is 5.39 Å². The Hall–Kier alpha value is -2.96. The Balaban J connectivity index is 1.70. The largest absolute Gasteiger partial charge is 0.480 e. The second kappa shape index (κ2) is 6.88. The topological polar surface area (TPSA) is 99.6 Å². The molecule has 2 atom stereocenters. The van der Waals surface area contributed by atoms with Gasteiger partial charge < -0.3 is 15.3 Å². The van der Waals surface area contributed by atoms with Crippen molar-refractivity contribution in [2.75, 3.05) is 6.54 Å². The van der Waals surface area contributed by atoms with Crippen LogP contribution in [0.1, 0.15) is 30.3 Å². The smallest absolute Gasteiger partial charge is 0.326 e. The Labute approximate surface area is 144 Å². The highest BCUT2D eigenvalue weighted by Crippen LogP contribution is 2.18. The quantitative estimate of drug-likeness (QED) is 0.876. The van der Waals surface area contributed by atoms with Crippen LogP contribution in [-0.4, -0.2) is 51.4 Å². The number of nitrogens with one attached hydrogen (secondary N) is 1. The molecule has 1 unspecified atom stereocenters. The highest BCUT2D eigenvalue weighted by atomic mass is 16.4. The molecule has 1 aliphatic rings. The molecule has 0 saturated carbocycles. The summed E-state index contributed by atoms with van der Waals surface area (Å²) in [6.45, 7) is 1.95. The maximum absolute atomic E-state index is 12.5. The lowest BCUT2D eigenvalue weighted by Crippen LogP contribution is -2.50. The molecule has 7 heteroatoms. The van der Waals surface area contributed by atoms with Gasteiger partial charge in [-0.25, -0.2) is 9.78 Å². The molecule has 2 aromatic rings. The number of benzene rings is 1. The van der Waals surface area contributed by atoms with Gasteiger partial charge in [0.1, 0.15) is 17.8 Å². The van der Waals surface area contributed by atoms with Gasteiger partial charge in [-0.3, -0.25) is 9.59 Å². The Morgan fingerprint density at radius 3 is 2.76 bits per heavy atom. The van der Waals surface area contributed by atoms with Gasteiger partial charge in [0.05, 0.1) is 5.52 Å². The molecule has 7 nitrogen and oxygen atoms in total. The van der Waals surface area contributed by atoms with Gasteiger partial charge in [-0.2, -0.15) is 0 Å². The fourth-order valence-electron chi connectivity index (χ4n) is 3.06. The molecule has 1 fully saturated rings. The zero-order valence-corrected chi connectivity index (χ0v) is 13.8. The summed E-state index contributed by atoms with van der Waals surface area (Å²) in [6.07, 6.45) is 1.09. The number of rotatable bonds is 4. The molecule has 0 spiro atoms. The lowest BCUT2D eigenvalue weighted by atomic mass is 10.2. The first-order chi connectivity index (χ1) is 12.0. The van der Waals surface area contributed by atoms with Crippen LogP contribution in [0.15, 0.2) is 36.4 Å². The molecular formula is C18H19N3O4. The highest BCUT2D eigenvalue weighted by molar-refractivity contribution is 5.98. The molecular weight excluding hydrogens is 322 g/mol. The standard InChI is InChI=1S/C18H19N3O4/c1-11(17(23)21-10-4-7-15(21)18(24)25)19-16(22)14-9-8-12-5-2-3-6-13(12)20-14/h2-3,5-6,8-9,11,15H,4,7,10H2,1H3,(H,19,22)(H,24,25)/t11-,15?/m0/s1. The van der Waals surface area contributed by atoms with Crippen LogP contribution < -0.4 is 5.32 Å². The van der Waals surface area contributed by atoms with Crippen molar-refractivity contribution >= 4 is 28.7 Å². The van der Waals surface area contributed by atoms with Gasteiger partial charge >= 0.3 is 5.97 Å². The number of fused-ring (bicyclic) bond motifs is 1. The summed E-state index contributed by atoms with van der Waals surface area (Å²) >= 11 is 0. The molecule has 0 radical (unpaired) electrons. The lowest BCUT2D eigenvalue weighted by molar-refractivity contribution is -0.148. The predicted molar refractivity (Wildman–Crippen MR) is 91.0 cm³/mol. The maximum Gasteiger partial charge on any atom is 0.326 e. The number of aromatic nitrogens is 1. The summed E-state index contributed by atoms with van der Waals surface area (Å²) in [6, 6.07) is 9.20. The molecule has 2 N–H and O–H groups in total. The summed E-state index contributed by atoms with van der Waals surface area (Å²) in [5.74, 6) is -1.86.